The Bertz CT molecular complexity index is 600. The average Bonchev–Trinajstić information content (AvgIpc) is 2.82. The number of aliphatic hydroxyl groups excluding tert-OH is 1. The first kappa shape index (κ1) is 16.3. The monoisotopic (exact) mass is 313 g/mol. The lowest BCUT2D eigenvalue weighted by atomic mass is 10.1. The molecule has 0 bridgehead atoms. The third kappa shape index (κ3) is 3.75. The van der Waals surface area contributed by atoms with Crippen LogP contribution in [0.3, 0.4) is 0 Å². The van der Waals surface area contributed by atoms with E-state index in [1.54, 1.807) is 18.2 Å². The van der Waals surface area contributed by atoms with Crippen molar-refractivity contribution in [2.75, 3.05) is 13.4 Å². The molecule has 1 aliphatic carbocycles. The fourth-order valence-corrected chi connectivity index (χ4v) is 3.64. The second-order valence-corrected chi connectivity index (χ2v) is 7.66. The number of aliphatic hydroxyl groups is 1. The van der Waals surface area contributed by atoms with Gasteiger partial charge in [0.25, 0.3) is 0 Å². The molecule has 2 N–H and O–H groups in total. The lowest BCUT2D eigenvalue weighted by molar-refractivity contribution is 0.144. The van der Waals surface area contributed by atoms with E-state index in [9.17, 15) is 13.5 Å². The van der Waals surface area contributed by atoms with Gasteiger partial charge in [-0.3, -0.25) is 0 Å². The van der Waals surface area contributed by atoms with Crippen LogP contribution in [0, 0.1) is 0 Å². The van der Waals surface area contributed by atoms with Gasteiger partial charge in [0.1, 0.15) is 10.6 Å². The molecule has 1 aromatic carbocycles. The molecule has 2 rings (SSSR count). The third-order valence-corrected chi connectivity index (χ3v) is 5.17. The first-order valence-corrected chi connectivity index (χ1v) is 9.04. The zero-order valence-electron chi connectivity index (χ0n) is 12.7. The van der Waals surface area contributed by atoms with Crippen LogP contribution in [0.15, 0.2) is 23.1 Å². The molecule has 5 nitrogen and oxygen atoms in total. The van der Waals surface area contributed by atoms with Gasteiger partial charge in [0.15, 0.2) is 9.84 Å². The zero-order chi connectivity index (χ0) is 15.6. The van der Waals surface area contributed by atoms with Gasteiger partial charge >= 0.3 is 0 Å². The van der Waals surface area contributed by atoms with E-state index in [1.807, 2.05) is 6.92 Å². The van der Waals surface area contributed by atoms with Crippen molar-refractivity contribution in [3.8, 4) is 5.75 Å². The van der Waals surface area contributed by atoms with Gasteiger partial charge in [-0.1, -0.05) is 6.07 Å². The normalized spacial score (nSPS) is 24.0. The second kappa shape index (κ2) is 6.34. The summed E-state index contributed by atoms with van der Waals surface area (Å²) in [5.74, 6) is 0.357. The van der Waals surface area contributed by atoms with Gasteiger partial charge < -0.3 is 15.2 Å². The molecule has 1 saturated carbocycles. The minimum Gasteiger partial charge on any atom is -0.495 e. The fourth-order valence-electron chi connectivity index (χ4n) is 2.81. The predicted molar refractivity (Wildman–Crippen MR) is 81.3 cm³/mol. The number of ether oxygens (including phenoxy) is 1. The molecular weight excluding hydrogens is 290 g/mol. The Morgan fingerprint density at radius 3 is 2.62 bits per heavy atom. The van der Waals surface area contributed by atoms with Gasteiger partial charge in [-0.25, -0.2) is 8.42 Å². The van der Waals surface area contributed by atoms with Crippen molar-refractivity contribution >= 4 is 9.84 Å². The summed E-state index contributed by atoms with van der Waals surface area (Å²) in [5.41, 5.74) is 0.943. The first-order chi connectivity index (χ1) is 9.82. The van der Waals surface area contributed by atoms with Crippen molar-refractivity contribution in [2.24, 2.45) is 0 Å². The summed E-state index contributed by atoms with van der Waals surface area (Å²) in [7, 11) is -1.84. The Labute approximate surface area is 126 Å². The van der Waals surface area contributed by atoms with Crippen LogP contribution in [-0.2, 0) is 9.84 Å². The molecule has 21 heavy (non-hydrogen) atoms. The van der Waals surface area contributed by atoms with E-state index in [1.165, 1.54) is 13.4 Å². The van der Waals surface area contributed by atoms with Crippen LogP contribution < -0.4 is 10.1 Å². The number of rotatable bonds is 5. The quantitative estimate of drug-likeness (QED) is 0.865. The lowest BCUT2D eigenvalue weighted by Crippen LogP contribution is -2.37. The highest BCUT2D eigenvalue weighted by molar-refractivity contribution is 7.90. The second-order valence-electron chi connectivity index (χ2n) is 5.68. The molecule has 1 aliphatic rings. The first-order valence-electron chi connectivity index (χ1n) is 7.15. The van der Waals surface area contributed by atoms with Gasteiger partial charge in [0.05, 0.1) is 13.2 Å². The smallest absolute Gasteiger partial charge is 0.179 e. The molecule has 0 saturated heterocycles. The molecule has 1 fully saturated rings. The maximum Gasteiger partial charge on any atom is 0.179 e. The van der Waals surface area contributed by atoms with Crippen LogP contribution >= 0.6 is 0 Å². The van der Waals surface area contributed by atoms with Crippen LogP contribution in [0.4, 0.5) is 0 Å². The Morgan fingerprint density at radius 2 is 2.10 bits per heavy atom. The van der Waals surface area contributed by atoms with E-state index in [2.05, 4.69) is 5.32 Å². The summed E-state index contributed by atoms with van der Waals surface area (Å²) in [6.45, 7) is 2.00. The summed E-state index contributed by atoms with van der Waals surface area (Å²) in [4.78, 5) is 0.196. The summed E-state index contributed by atoms with van der Waals surface area (Å²) in [6, 6.07) is 5.23. The number of hydrogen-bond donors (Lipinski definition) is 2. The molecule has 0 spiro atoms. The number of sulfone groups is 1. The Hall–Kier alpha value is -1.11. The zero-order valence-corrected chi connectivity index (χ0v) is 13.5. The van der Waals surface area contributed by atoms with Crippen LogP contribution in [0.1, 0.15) is 37.8 Å². The van der Waals surface area contributed by atoms with Crippen molar-refractivity contribution in [3.05, 3.63) is 23.8 Å². The molecule has 0 aliphatic heterocycles. The molecule has 0 heterocycles. The molecule has 0 radical (unpaired) electrons. The van der Waals surface area contributed by atoms with E-state index in [4.69, 9.17) is 4.74 Å². The van der Waals surface area contributed by atoms with Gasteiger partial charge in [-0.15, -0.1) is 0 Å². The highest BCUT2D eigenvalue weighted by Crippen LogP contribution is 2.29. The molecule has 1 unspecified atom stereocenters. The number of methoxy groups -OCH3 is 1. The largest absolute Gasteiger partial charge is 0.495 e. The van der Waals surface area contributed by atoms with Gasteiger partial charge in [0, 0.05) is 18.3 Å². The maximum absolute atomic E-state index is 11.7. The van der Waals surface area contributed by atoms with Crippen molar-refractivity contribution in [3.63, 3.8) is 0 Å². The molecule has 6 heteroatoms. The van der Waals surface area contributed by atoms with Crippen LogP contribution in [0.5, 0.6) is 5.75 Å². The standard InChI is InChI=1S/C15H23NO4S/c1-10(16-12-5-4-6-13(12)17)11-7-8-15(21(3,18)19)14(9-11)20-2/h7-10,12-13,16-17H,4-6H2,1-3H3/t10?,12-,13-/m1/s1. The maximum atomic E-state index is 11.7. The van der Waals surface area contributed by atoms with Gasteiger partial charge in [-0.2, -0.15) is 0 Å². The minimum absolute atomic E-state index is 0.0188. The van der Waals surface area contributed by atoms with Crippen molar-refractivity contribution < 1.29 is 18.3 Å². The van der Waals surface area contributed by atoms with Crippen LogP contribution in [-0.4, -0.2) is 39.0 Å². The van der Waals surface area contributed by atoms with Crippen LogP contribution in [0.2, 0.25) is 0 Å². The molecule has 0 amide bonds. The average molecular weight is 313 g/mol. The van der Waals surface area contributed by atoms with E-state index in [0.717, 1.165) is 24.8 Å². The third-order valence-electron chi connectivity index (χ3n) is 4.03. The Kier molecular flexibility index (Phi) is 4.91. The number of benzene rings is 1. The van der Waals surface area contributed by atoms with E-state index in [0.29, 0.717) is 5.75 Å². The molecule has 3 atom stereocenters. The number of hydrogen-bond acceptors (Lipinski definition) is 5. The van der Waals surface area contributed by atoms with Crippen molar-refractivity contribution in [1.82, 2.24) is 5.32 Å². The Balaban J connectivity index is 2.20. The van der Waals surface area contributed by atoms with Gasteiger partial charge in [-0.05, 0) is 43.9 Å². The number of nitrogens with one attached hydrogen (secondary N) is 1. The Morgan fingerprint density at radius 1 is 1.38 bits per heavy atom. The van der Waals surface area contributed by atoms with Crippen molar-refractivity contribution in [2.45, 2.75) is 49.3 Å². The van der Waals surface area contributed by atoms with E-state index < -0.39 is 9.84 Å². The summed E-state index contributed by atoms with van der Waals surface area (Å²) in [6.07, 6.45) is 3.69. The highest BCUT2D eigenvalue weighted by Gasteiger charge is 2.26. The molecule has 1 aromatic rings. The summed E-state index contributed by atoms with van der Waals surface area (Å²) < 4.78 is 28.6. The predicted octanol–water partition coefficient (Wildman–Crippen LogP) is 1.66. The summed E-state index contributed by atoms with van der Waals surface area (Å²) >= 11 is 0. The SMILES string of the molecule is COc1cc(C(C)N[C@@H]2CCC[C@H]2O)ccc1S(C)(=O)=O. The van der Waals surface area contributed by atoms with Crippen LogP contribution in [0.25, 0.3) is 0 Å². The topological polar surface area (TPSA) is 75.6 Å². The van der Waals surface area contributed by atoms with Gasteiger partial charge in [0.2, 0.25) is 0 Å². The van der Waals surface area contributed by atoms with Crippen molar-refractivity contribution in [1.29, 1.82) is 0 Å². The highest BCUT2D eigenvalue weighted by atomic mass is 32.2. The molecule has 0 aromatic heterocycles. The molecule has 118 valence electrons. The van der Waals surface area contributed by atoms with E-state index in [-0.39, 0.29) is 23.1 Å². The molecular formula is C15H23NO4S. The van der Waals surface area contributed by atoms with E-state index >= 15 is 0 Å². The lowest BCUT2D eigenvalue weighted by Gasteiger charge is -2.23. The minimum atomic E-state index is -3.30. The summed E-state index contributed by atoms with van der Waals surface area (Å²) in [5, 5.41) is 13.3. The fraction of sp³-hybridized carbons (Fsp3) is 0.600.